The van der Waals surface area contributed by atoms with Crippen molar-refractivity contribution in [2.24, 2.45) is 23.5 Å². The number of amides is 1. The number of primary amides is 1. The van der Waals surface area contributed by atoms with Gasteiger partial charge in [0.1, 0.15) is 0 Å². The molecule has 0 aromatic carbocycles. The van der Waals surface area contributed by atoms with Crippen LogP contribution >= 0.6 is 15.9 Å². The minimum Gasteiger partial charge on any atom is -0.364 e. The summed E-state index contributed by atoms with van der Waals surface area (Å²) in [4.78, 5) is 16.1. The predicted octanol–water partition coefficient (Wildman–Crippen LogP) is 3.66. The Balaban J connectivity index is 1.73. The average molecular weight is 374 g/mol. The van der Waals surface area contributed by atoms with Crippen molar-refractivity contribution >= 4 is 27.4 Å². The first-order valence-corrected chi connectivity index (χ1v) is 9.32. The third kappa shape index (κ3) is 1.89. The maximum Gasteiger partial charge on any atom is 0.269 e. The Kier molecular flexibility index (Phi) is 2.80. The summed E-state index contributed by atoms with van der Waals surface area (Å²) in [6.45, 7) is 0. The molecule has 5 heteroatoms. The maximum atomic E-state index is 11.7. The first-order valence-electron chi connectivity index (χ1n) is 8.53. The number of nitrogens with zero attached hydrogens (tertiary/aromatic N) is 2. The highest BCUT2D eigenvalue weighted by Gasteiger charge is 2.52. The zero-order chi connectivity index (χ0) is 15.8. The molecule has 0 radical (unpaired) electrons. The van der Waals surface area contributed by atoms with Gasteiger partial charge in [0.05, 0.1) is 5.52 Å². The third-order valence-corrected chi connectivity index (χ3v) is 6.97. The van der Waals surface area contributed by atoms with E-state index >= 15 is 0 Å². The molecule has 4 aliphatic carbocycles. The van der Waals surface area contributed by atoms with Crippen LogP contribution in [0, 0.1) is 17.8 Å². The second-order valence-electron chi connectivity index (χ2n) is 7.92. The van der Waals surface area contributed by atoms with Crippen LogP contribution < -0.4 is 5.73 Å². The minimum absolute atomic E-state index is 0.256. The Morgan fingerprint density at radius 2 is 1.78 bits per heavy atom. The SMILES string of the molecule is NC(=O)c1nc(Br)n2c(C34CC5CC(CC(C5)C3)C4)cccc12. The molecular weight excluding hydrogens is 354 g/mol. The van der Waals surface area contributed by atoms with E-state index in [1.165, 1.54) is 44.2 Å². The lowest BCUT2D eigenvalue weighted by molar-refractivity contribution is -0.00780. The Hall–Kier alpha value is -1.36. The van der Waals surface area contributed by atoms with E-state index in [1.54, 1.807) is 0 Å². The smallest absolute Gasteiger partial charge is 0.269 e. The topological polar surface area (TPSA) is 60.4 Å². The molecule has 0 spiro atoms. The summed E-state index contributed by atoms with van der Waals surface area (Å²) in [7, 11) is 0. The van der Waals surface area contributed by atoms with Gasteiger partial charge in [0.25, 0.3) is 5.91 Å². The summed E-state index contributed by atoms with van der Waals surface area (Å²) in [6.07, 6.45) is 8.13. The van der Waals surface area contributed by atoms with Crippen molar-refractivity contribution in [3.63, 3.8) is 0 Å². The van der Waals surface area contributed by atoms with Gasteiger partial charge in [-0.1, -0.05) is 6.07 Å². The number of rotatable bonds is 2. The van der Waals surface area contributed by atoms with Crippen LogP contribution in [0.25, 0.3) is 5.52 Å². The highest BCUT2D eigenvalue weighted by atomic mass is 79.9. The summed E-state index contributed by atoms with van der Waals surface area (Å²) in [5.41, 5.74) is 8.29. The molecule has 2 N–H and O–H groups in total. The van der Waals surface area contributed by atoms with Crippen molar-refractivity contribution in [1.82, 2.24) is 9.38 Å². The number of aromatic nitrogens is 2. The Morgan fingerprint density at radius 3 is 2.35 bits per heavy atom. The van der Waals surface area contributed by atoms with Crippen molar-refractivity contribution in [1.29, 1.82) is 0 Å². The summed E-state index contributed by atoms with van der Waals surface area (Å²) in [5, 5.41) is 0. The van der Waals surface area contributed by atoms with E-state index in [1.807, 2.05) is 6.07 Å². The largest absolute Gasteiger partial charge is 0.364 e. The van der Waals surface area contributed by atoms with Gasteiger partial charge in [-0.25, -0.2) is 4.98 Å². The number of hydrogen-bond acceptors (Lipinski definition) is 2. The van der Waals surface area contributed by atoms with Crippen LogP contribution in [0.5, 0.6) is 0 Å². The van der Waals surface area contributed by atoms with Crippen molar-refractivity contribution in [2.75, 3.05) is 0 Å². The number of carbonyl (C=O) groups is 1. The summed E-state index contributed by atoms with van der Waals surface area (Å²) < 4.78 is 2.83. The van der Waals surface area contributed by atoms with Crippen molar-refractivity contribution in [2.45, 2.75) is 43.9 Å². The quantitative estimate of drug-likeness (QED) is 0.872. The van der Waals surface area contributed by atoms with Gasteiger partial charge >= 0.3 is 0 Å². The number of carbonyl (C=O) groups excluding carboxylic acids is 1. The molecule has 2 heterocycles. The van der Waals surface area contributed by atoms with Crippen LogP contribution in [0.4, 0.5) is 0 Å². The fraction of sp³-hybridized carbons (Fsp3) is 0.556. The standard InChI is InChI=1S/C18H20BrN3O/c19-17-21-15(16(20)23)13-2-1-3-14(22(13)17)18-7-10-4-11(8-18)6-12(5-10)9-18/h1-3,10-12H,4-9H2,(H2,20,23). The zero-order valence-corrected chi connectivity index (χ0v) is 14.6. The zero-order valence-electron chi connectivity index (χ0n) is 13.0. The molecule has 1 amide bonds. The maximum absolute atomic E-state index is 11.7. The van der Waals surface area contributed by atoms with E-state index in [4.69, 9.17) is 5.73 Å². The molecule has 4 aliphatic rings. The van der Waals surface area contributed by atoms with Gasteiger partial charge < -0.3 is 5.73 Å². The van der Waals surface area contributed by atoms with Crippen molar-refractivity contribution in [3.8, 4) is 0 Å². The molecule has 0 saturated heterocycles. The fourth-order valence-corrected chi connectivity index (χ4v) is 6.67. The highest BCUT2D eigenvalue weighted by molar-refractivity contribution is 9.10. The van der Waals surface area contributed by atoms with Gasteiger partial charge in [-0.3, -0.25) is 9.20 Å². The fourth-order valence-electron chi connectivity index (χ4n) is 6.11. The van der Waals surface area contributed by atoms with E-state index < -0.39 is 5.91 Å². The molecule has 120 valence electrons. The lowest BCUT2D eigenvalue weighted by Crippen LogP contribution is -2.49. The van der Waals surface area contributed by atoms with Gasteiger partial charge in [0.15, 0.2) is 10.4 Å². The monoisotopic (exact) mass is 373 g/mol. The van der Waals surface area contributed by atoms with Gasteiger partial charge in [0.2, 0.25) is 0 Å². The molecule has 4 saturated carbocycles. The normalized spacial score (nSPS) is 35.1. The number of pyridine rings is 1. The van der Waals surface area contributed by atoms with Crippen LogP contribution in [0.2, 0.25) is 0 Å². The highest BCUT2D eigenvalue weighted by Crippen LogP contribution is 2.60. The van der Waals surface area contributed by atoms with Crippen LogP contribution in [-0.4, -0.2) is 15.3 Å². The van der Waals surface area contributed by atoms with E-state index in [-0.39, 0.29) is 5.41 Å². The number of halogens is 1. The Morgan fingerprint density at radius 1 is 1.17 bits per heavy atom. The molecular formula is C18H20BrN3O. The van der Waals surface area contributed by atoms with Crippen LogP contribution in [0.3, 0.4) is 0 Å². The second-order valence-corrected chi connectivity index (χ2v) is 8.63. The number of hydrogen-bond donors (Lipinski definition) is 1. The van der Waals surface area contributed by atoms with E-state index in [0.29, 0.717) is 10.4 Å². The van der Waals surface area contributed by atoms with Gasteiger partial charge in [-0.15, -0.1) is 0 Å². The molecule has 2 aromatic rings. The molecule has 0 aliphatic heterocycles. The van der Waals surface area contributed by atoms with E-state index in [9.17, 15) is 4.79 Å². The average Bonchev–Trinajstić information content (AvgIpc) is 2.83. The molecule has 4 bridgehead atoms. The predicted molar refractivity (Wildman–Crippen MR) is 91.3 cm³/mol. The molecule has 6 rings (SSSR count). The molecule has 2 aromatic heterocycles. The van der Waals surface area contributed by atoms with Gasteiger partial charge in [0, 0.05) is 11.1 Å². The second kappa shape index (κ2) is 4.59. The van der Waals surface area contributed by atoms with E-state index in [0.717, 1.165) is 23.3 Å². The minimum atomic E-state index is -0.462. The lowest BCUT2D eigenvalue weighted by atomic mass is 9.48. The number of imidazole rings is 1. The van der Waals surface area contributed by atoms with Crippen LogP contribution in [0.15, 0.2) is 22.9 Å². The first kappa shape index (κ1) is 14.0. The van der Waals surface area contributed by atoms with Gasteiger partial charge in [-0.2, -0.15) is 0 Å². The van der Waals surface area contributed by atoms with E-state index in [2.05, 4.69) is 37.4 Å². The molecule has 0 unspecified atom stereocenters. The third-order valence-electron chi connectivity index (χ3n) is 6.44. The number of nitrogens with two attached hydrogens (primary N) is 1. The molecule has 23 heavy (non-hydrogen) atoms. The first-order chi connectivity index (χ1) is 11.1. The van der Waals surface area contributed by atoms with Crippen LogP contribution in [0.1, 0.15) is 54.7 Å². The number of fused-ring (bicyclic) bond motifs is 1. The Labute approximate surface area is 143 Å². The van der Waals surface area contributed by atoms with Gasteiger partial charge in [-0.05, 0) is 84.3 Å². The Bertz CT molecular complexity index is 790. The summed E-state index contributed by atoms with van der Waals surface area (Å²) in [6, 6.07) is 6.24. The summed E-state index contributed by atoms with van der Waals surface area (Å²) >= 11 is 3.56. The van der Waals surface area contributed by atoms with Crippen LogP contribution in [-0.2, 0) is 5.41 Å². The molecule has 4 nitrogen and oxygen atoms in total. The summed E-state index contributed by atoms with van der Waals surface area (Å²) in [5.74, 6) is 2.19. The van der Waals surface area contributed by atoms with Crippen molar-refractivity contribution < 1.29 is 4.79 Å². The molecule has 0 atom stereocenters. The molecule has 4 fully saturated rings. The lowest BCUT2D eigenvalue weighted by Gasteiger charge is -2.57. The van der Waals surface area contributed by atoms with Crippen molar-refractivity contribution in [3.05, 3.63) is 34.3 Å².